The Morgan fingerprint density at radius 2 is 2.00 bits per heavy atom. The summed E-state index contributed by atoms with van der Waals surface area (Å²) in [5.74, 6) is 0.725. The van der Waals surface area contributed by atoms with E-state index in [9.17, 15) is 4.79 Å². The van der Waals surface area contributed by atoms with Crippen molar-refractivity contribution < 1.29 is 0 Å². The molecule has 1 saturated carbocycles. The van der Waals surface area contributed by atoms with Gasteiger partial charge in [0.2, 0.25) is 10.1 Å². The number of aryl methyl sites for hydroxylation is 1. The molecule has 0 saturated heterocycles. The molecule has 1 fully saturated rings. The average molecular weight is 334 g/mol. The lowest BCUT2D eigenvalue weighted by atomic mass is 9.91. The summed E-state index contributed by atoms with van der Waals surface area (Å²) in [5, 5.41) is 8.64. The predicted molar refractivity (Wildman–Crippen MR) is 95.4 cm³/mol. The van der Waals surface area contributed by atoms with Crippen LogP contribution < -0.4 is 10.9 Å². The molecule has 1 aliphatic rings. The zero-order valence-corrected chi connectivity index (χ0v) is 14.7. The molecule has 0 bridgehead atoms. The molecule has 1 N–H and O–H groups in total. The van der Waals surface area contributed by atoms with Crippen LogP contribution in [-0.4, -0.2) is 21.1 Å². The molecule has 2 heterocycles. The Hall–Kier alpha value is -1.43. The van der Waals surface area contributed by atoms with Crippen LogP contribution in [0.1, 0.15) is 64.0 Å². The van der Waals surface area contributed by atoms with Gasteiger partial charge in [0.25, 0.3) is 5.56 Å². The standard InChI is InChI=1S/C17H26N4OS/c1-2-8-14-11-15(22)21-17(19-14)23-16(20-21)18-12-13-9-6-4-3-5-7-10-13/h11,13H,2-10,12H2,1H3,(H,18,20). The Balaban J connectivity index is 1.68. The van der Waals surface area contributed by atoms with Gasteiger partial charge in [-0.2, -0.15) is 4.52 Å². The molecule has 2 aromatic rings. The first-order chi connectivity index (χ1) is 11.3. The molecule has 0 amide bonds. The summed E-state index contributed by atoms with van der Waals surface area (Å²) in [6, 6.07) is 1.61. The van der Waals surface area contributed by atoms with Gasteiger partial charge in [0.15, 0.2) is 0 Å². The Labute approximate surface area is 141 Å². The number of hydrogen-bond donors (Lipinski definition) is 1. The lowest BCUT2D eigenvalue weighted by molar-refractivity contribution is 0.392. The Morgan fingerprint density at radius 1 is 1.26 bits per heavy atom. The fourth-order valence-electron chi connectivity index (χ4n) is 3.29. The van der Waals surface area contributed by atoms with Gasteiger partial charge in [-0.1, -0.05) is 56.8 Å². The molecule has 0 atom stereocenters. The van der Waals surface area contributed by atoms with Crippen LogP contribution in [0.2, 0.25) is 0 Å². The largest absolute Gasteiger partial charge is 0.360 e. The summed E-state index contributed by atoms with van der Waals surface area (Å²) in [4.78, 5) is 17.4. The van der Waals surface area contributed by atoms with Crippen LogP contribution in [0.3, 0.4) is 0 Å². The van der Waals surface area contributed by atoms with E-state index in [4.69, 9.17) is 0 Å². The molecule has 5 nitrogen and oxygen atoms in total. The quantitative estimate of drug-likeness (QED) is 0.901. The first-order valence-corrected chi connectivity index (χ1v) is 9.71. The molecule has 23 heavy (non-hydrogen) atoms. The van der Waals surface area contributed by atoms with Crippen LogP contribution in [0.25, 0.3) is 4.96 Å². The number of hydrogen-bond acceptors (Lipinski definition) is 5. The molecule has 0 aromatic carbocycles. The second-order valence-electron chi connectivity index (χ2n) is 6.53. The van der Waals surface area contributed by atoms with Crippen LogP contribution in [0, 0.1) is 5.92 Å². The normalized spacial score (nSPS) is 17.1. The number of nitrogens with zero attached hydrogens (tertiary/aromatic N) is 3. The van der Waals surface area contributed by atoms with Crippen LogP contribution >= 0.6 is 11.3 Å². The summed E-state index contributed by atoms with van der Waals surface area (Å²) < 4.78 is 1.42. The first kappa shape index (κ1) is 16.4. The van der Waals surface area contributed by atoms with Crippen molar-refractivity contribution in [3.05, 3.63) is 22.1 Å². The minimum absolute atomic E-state index is 0.0753. The van der Waals surface area contributed by atoms with Gasteiger partial charge in [-0.25, -0.2) is 4.98 Å². The number of nitrogens with one attached hydrogen (secondary N) is 1. The summed E-state index contributed by atoms with van der Waals surface area (Å²) in [7, 11) is 0. The molecule has 126 valence electrons. The van der Waals surface area contributed by atoms with Crippen molar-refractivity contribution >= 4 is 21.4 Å². The maximum Gasteiger partial charge on any atom is 0.275 e. The van der Waals surface area contributed by atoms with Crippen molar-refractivity contribution in [2.24, 2.45) is 5.92 Å². The number of fused-ring (bicyclic) bond motifs is 1. The minimum Gasteiger partial charge on any atom is -0.360 e. The van der Waals surface area contributed by atoms with Gasteiger partial charge in [0.05, 0.1) is 0 Å². The highest BCUT2D eigenvalue weighted by Crippen LogP contribution is 2.24. The Bertz CT molecular complexity index is 685. The van der Waals surface area contributed by atoms with E-state index >= 15 is 0 Å². The van der Waals surface area contributed by atoms with Crippen molar-refractivity contribution in [1.82, 2.24) is 14.6 Å². The fourth-order valence-corrected chi connectivity index (χ4v) is 4.12. The maximum absolute atomic E-state index is 12.1. The third kappa shape index (κ3) is 4.31. The van der Waals surface area contributed by atoms with Crippen LogP contribution in [0.4, 0.5) is 5.13 Å². The molecule has 3 rings (SSSR count). The minimum atomic E-state index is -0.0753. The van der Waals surface area contributed by atoms with Crippen molar-refractivity contribution in [2.75, 3.05) is 11.9 Å². The van der Waals surface area contributed by atoms with Gasteiger partial charge in [-0.05, 0) is 25.2 Å². The maximum atomic E-state index is 12.1. The second-order valence-corrected chi connectivity index (χ2v) is 7.49. The van der Waals surface area contributed by atoms with Crippen molar-refractivity contribution in [3.63, 3.8) is 0 Å². The molecule has 2 aromatic heterocycles. The highest BCUT2D eigenvalue weighted by Gasteiger charge is 2.13. The molecule has 6 heteroatoms. The molecular formula is C17H26N4OS. The highest BCUT2D eigenvalue weighted by molar-refractivity contribution is 7.20. The van der Waals surface area contributed by atoms with E-state index in [0.717, 1.165) is 36.1 Å². The molecular weight excluding hydrogens is 308 g/mol. The van der Waals surface area contributed by atoms with Crippen LogP contribution in [0.5, 0.6) is 0 Å². The van der Waals surface area contributed by atoms with Gasteiger partial charge >= 0.3 is 0 Å². The predicted octanol–water partition coefficient (Wildman–Crippen LogP) is 3.88. The van der Waals surface area contributed by atoms with Crippen LogP contribution in [0.15, 0.2) is 10.9 Å². The topological polar surface area (TPSA) is 59.3 Å². The molecule has 0 aliphatic heterocycles. The van der Waals surface area contributed by atoms with Gasteiger partial charge < -0.3 is 5.32 Å². The summed E-state index contributed by atoms with van der Waals surface area (Å²) in [6.07, 6.45) is 11.3. The highest BCUT2D eigenvalue weighted by atomic mass is 32.1. The van der Waals surface area contributed by atoms with Crippen molar-refractivity contribution in [1.29, 1.82) is 0 Å². The molecule has 0 unspecified atom stereocenters. The Morgan fingerprint density at radius 3 is 2.74 bits per heavy atom. The third-order valence-electron chi connectivity index (χ3n) is 4.57. The van der Waals surface area contributed by atoms with E-state index in [-0.39, 0.29) is 5.56 Å². The monoisotopic (exact) mass is 334 g/mol. The van der Waals surface area contributed by atoms with Crippen molar-refractivity contribution in [3.8, 4) is 0 Å². The average Bonchev–Trinajstić information content (AvgIpc) is 2.90. The van der Waals surface area contributed by atoms with Crippen molar-refractivity contribution in [2.45, 2.75) is 64.7 Å². The van der Waals surface area contributed by atoms with E-state index < -0.39 is 0 Å². The van der Waals surface area contributed by atoms with Gasteiger partial charge in [-0.3, -0.25) is 4.79 Å². The Kier molecular flexibility index (Phi) is 5.65. The molecule has 0 spiro atoms. The molecule has 1 aliphatic carbocycles. The first-order valence-electron chi connectivity index (χ1n) is 8.90. The lowest BCUT2D eigenvalue weighted by Gasteiger charge is -2.19. The van der Waals surface area contributed by atoms with Gasteiger partial charge in [0, 0.05) is 18.3 Å². The number of aromatic nitrogens is 3. The van der Waals surface area contributed by atoms with E-state index in [1.165, 1.54) is 60.8 Å². The second kappa shape index (κ2) is 7.90. The van der Waals surface area contributed by atoms with Crippen LogP contribution in [-0.2, 0) is 6.42 Å². The number of anilines is 1. The number of rotatable bonds is 5. The third-order valence-corrected chi connectivity index (χ3v) is 5.44. The smallest absolute Gasteiger partial charge is 0.275 e. The van der Waals surface area contributed by atoms with E-state index in [1.54, 1.807) is 6.07 Å². The fraction of sp³-hybridized carbons (Fsp3) is 0.706. The van der Waals surface area contributed by atoms with E-state index in [1.807, 2.05) is 0 Å². The van der Waals surface area contributed by atoms with E-state index in [0.29, 0.717) is 4.96 Å². The van der Waals surface area contributed by atoms with Gasteiger partial charge in [-0.15, -0.1) is 5.10 Å². The summed E-state index contributed by atoms with van der Waals surface area (Å²) >= 11 is 1.48. The summed E-state index contributed by atoms with van der Waals surface area (Å²) in [5.41, 5.74) is 0.793. The zero-order valence-electron chi connectivity index (χ0n) is 13.9. The zero-order chi connectivity index (χ0) is 16.1. The van der Waals surface area contributed by atoms with E-state index in [2.05, 4.69) is 22.3 Å². The van der Waals surface area contributed by atoms with Gasteiger partial charge in [0.1, 0.15) is 0 Å². The SMILES string of the molecule is CCCc1cc(=O)n2nc(NCC3CCCCCCC3)sc2n1. The lowest BCUT2D eigenvalue weighted by Crippen LogP contribution is -2.17. The summed E-state index contributed by atoms with van der Waals surface area (Å²) in [6.45, 7) is 3.05. The molecule has 0 radical (unpaired) electrons.